The van der Waals surface area contributed by atoms with E-state index in [4.69, 9.17) is 0 Å². The largest absolute Gasteiger partial charge is 0.547 e. The number of aliphatic carboxylic acids is 1. The van der Waals surface area contributed by atoms with E-state index in [-0.39, 0.29) is 17.9 Å². The van der Waals surface area contributed by atoms with Crippen LogP contribution in [-0.4, -0.2) is 22.8 Å². The van der Waals surface area contributed by atoms with Crippen molar-refractivity contribution in [2.75, 3.05) is 0 Å². The maximum absolute atomic E-state index is 12.2. The van der Waals surface area contributed by atoms with Gasteiger partial charge in [0, 0.05) is 13.0 Å². The summed E-state index contributed by atoms with van der Waals surface area (Å²) in [5.41, 5.74) is 2.22. The molecule has 1 fully saturated rings. The SMILES string of the molecule is CC(=O)N1C(C)C(C)CC1(C(=O)[O-])c1c(C)cc(C)cc1C. The van der Waals surface area contributed by atoms with Crippen molar-refractivity contribution in [1.82, 2.24) is 4.90 Å². The summed E-state index contributed by atoms with van der Waals surface area (Å²) in [6.07, 6.45) is 0.390. The number of likely N-dealkylation sites (tertiary alicyclic amines) is 1. The van der Waals surface area contributed by atoms with Gasteiger partial charge in [0.2, 0.25) is 5.91 Å². The molecule has 0 aliphatic carbocycles. The lowest BCUT2D eigenvalue weighted by molar-refractivity contribution is -0.319. The van der Waals surface area contributed by atoms with Gasteiger partial charge in [-0.2, -0.15) is 0 Å². The molecule has 1 saturated heterocycles. The molecule has 0 saturated carbocycles. The van der Waals surface area contributed by atoms with E-state index in [9.17, 15) is 14.7 Å². The third-order valence-corrected chi connectivity index (χ3v) is 5.03. The van der Waals surface area contributed by atoms with Gasteiger partial charge in [0.1, 0.15) is 5.54 Å². The molecule has 3 atom stereocenters. The predicted octanol–water partition coefficient (Wildman–Crippen LogP) is 1.83. The Bertz CT molecular complexity index is 614. The molecular formula is C18H24NO3-. The Balaban J connectivity index is 2.80. The highest BCUT2D eigenvalue weighted by atomic mass is 16.4. The molecule has 3 unspecified atom stereocenters. The molecular weight excluding hydrogens is 278 g/mol. The van der Waals surface area contributed by atoms with Crippen molar-refractivity contribution in [2.24, 2.45) is 5.92 Å². The topological polar surface area (TPSA) is 60.4 Å². The van der Waals surface area contributed by atoms with Crippen LogP contribution in [0, 0.1) is 26.7 Å². The van der Waals surface area contributed by atoms with Crippen molar-refractivity contribution in [2.45, 2.75) is 59.5 Å². The highest BCUT2D eigenvalue weighted by molar-refractivity contribution is 5.88. The van der Waals surface area contributed by atoms with Crippen LogP contribution in [-0.2, 0) is 15.1 Å². The lowest BCUT2D eigenvalue weighted by Crippen LogP contribution is -2.57. The first-order valence-electron chi connectivity index (χ1n) is 7.72. The van der Waals surface area contributed by atoms with Crippen molar-refractivity contribution < 1.29 is 14.7 Å². The third kappa shape index (κ3) is 2.21. The van der Waals surface area contributed by atoms with Gasteiger partial charge in [-0.25, -0.2) is 0 Å². The zero-order chi connectivity index (χ0) is 16.8. The van der Waals surface area contributed by atoms with Crippen molar-refractivity contribution in [3.05, 3.63) is 34.4 Å². The molecule has 4 heteroatoms. The number of hydrogen-bond acceptors (Lipinski definition) is 3. The van der Waals surface area contributed by atoms with Crippen LogP contribution in [0.2, 0.25) is 0 Å². The quantitative estimate of drug-likeness (QED) is 0.837. The van der Waals surface area contributed by atoms with E-state index < -0.39 is 11.5 Å². The van der Waals surface area contributed by atoms with Crippen LogP contribution in [0.15, 0.2) is 12.1 Å². The van der Waals surface area contributed by atoms with Crippen molar-refractivity contribution in [3.63, 3.8) is 0 Å². The second-order valence-corrected chi connectivity index (χ2v) is 6.73. The number of rotatable bonds is 2. The standard InChI is InChI=1S/C18H25NO3/c1-10-7-11(2)16(12(3)8-10)18(17(21)22)9-13(4)14(5)19(18)15(6)20/h7-8,13-14H,9H2,1-6H3,(H,21,22)/p-1. The first-order valence-corrected chi connectivity index (χ1v) is 7.72. The fourth-order valence-corrected chi connectivity index (χ4v) is 4.23. The molecule has 22 heavy (non-hydrogen) atoms. The van der Waals surface area contributed by atoms with Crippen LogP contribution < -0.4 is 5.11 Å². The number of hydrogen-bond donors (Lipinski definition) is 0. The van der Waals surface area contributed by atoms with E-state index in [2.05, 4.69) is 0 Å². The van der Waals surface area contributed by atoms with Crippen molar-refractivity contribution in [1.29, 1.82) is 0 Å². The number of carbonyl (C=O) groups excluding carboxylic acids is 2. The summed E-state index contributed by atoms with van der Waals surface area (Å²) < 4.78 is 0. The molecule has 1 aliphatic rings. The Morgan fingerprint density at radius 3 is 2.09 bits per heavy atom. The molecule has 4 nitrogen and oxygen atoms in total. The Kier molecular flexibility index (Phi) is 4.07. The number of carboxylic acids is 1. The molecule has 0 spiro atoms. The molecule has 1 amide bonds. The maximum atomic E-state index is 12.2. The minimum Gasteiger partial charge on any atom is -0.547 e. The normalized spacial score (nSPS) is 28.0. The number of aryl methyl sites for hydroxylation is 3. The number of carbonyl (C=O) groups is 2. The molecule has 0 bridgehead atoms. The molecule has 1 heterocycles. The van der Waals surface area contributed by atoms with Gasteiger partial charge in [-0.1, -0.05) is 24.6 Å². The van der Waals surface area contributed by atoms with Gasteiger partial charge in [0.05, 0.1) is 5.97 Å². The summed E-state index contributed by atoms with van der Waals surface area (Å²) in [6, 6.07) is 3.81. The van der Waals surface area contributed by atoms with Gasteiger partial charge < -0.3 is 14.8 Å². The summed E-state index contributed by atoms with van der Waals surface area (Å²) in [5.74, 6) is -1.31. The highest BCUT2D eigenvalue weighted by Gasteiger charge is 2.53. The van der Waals surface area contributed by atoms with E-state index >= 15 is 0 Å². The third-order valence-electron chi connectivity index (χ3n) is 5.03. The lowest BCUT2D eigenvalue weighted by atomic mass is 9.79. The Morgan fingerprint density at radius 2 is 1.68 bits per heavy atom. The first-order chi connectivity index (χ1) is 10.1. The molecule has 0 aromatic heterocycles. The van der Waals surface area contributed by atoms with Crippen molar-refractivity contribution in [3.8, 4) is 0 Å². The molecule has 120 valence electrons. The fourth-order valence-electron chi connectivity index (χ4n) is 4.23. The summed E-state index contributed by atoms with van der Waals surface area (Å²) in [4.78, 5) is 25.9. The summed E-state index contributed by atoms with van der Waals surface area (Å²) >= 11 is 0. The first kappa shape index (κ1) is 16.5. The molecule has 1 aromatic rings. The second-order valence-electron chi connectivity index (χ2n) is 6.73. The van der Waals surface area contributed by atoms with E-state index in [0.29, 0.717) is 12.0 Å². The zero-order valence-corrected chi connectivity index (χ0v) is 14.2. The number of carboxylic acid groups (broad SMARTS) is 1. The average molecular weight is 302 g/mol. The van der Waals surface area contributed by atoms with Crippen LogP contribution in [0.4, 0.5) is 0 Å². The van der Waals surface area contributed by atoms with Gasteiger partial charge in [-0.15, -0.1) is 0 Å². The minimum atomic E-state index is -1.37. The van der Waals surface area contributed by atoms with E-state index in [1.807, 2.05) is 46.8 Å². The summed E-state index contributed by atoms with van der Waals surface area (Å²) in [7, 11) is 0. The van der Waals surface area contributed by atoms with Crippen LogP contribution in [0.5, 0.6) is 0 Å². The lowest BCUT2D eigenvalue weighted by Gasteiger charge is -2.43. The van der Waals surface area contributed by atoms with Gasteiger partial charge in [-0.3, -0.25) is 4.79 Å². The van der Waals surface area contributed by atoms with E-state index in [1.54, 1.807) is 0 Å². The highest BCUT2D eigenvalue weighted by Crippen LogP contribution is 2.47. The molecule has 2 rings (SSSR count). The Morgan fingerprint density at radius 1 is 1.18 bits per heavy atom. The number of benzene rings is 1. The number of nitrogens with zero attached hydrogens (tertiary/aromatic N) is 1. The van der Waals surface area contributed by atoms with Gasteiger partial charge in [-0.05, 0) is 56.7 Å². The van der Waals surface area contributed by atoms with E-state index in [0.717, 1.165) is 16.7 Å². The fraction of sp³-hybridized carbons (Fsp3) is 0.556. The second kappa shape index (κ2) is 5.41. The van der Waals surface area contributed by atoms with Gasteiger partial charge >= 0.3 is 0 Å². The van der Waals surface area contributed by atoms with Crippen LogP contribution in [0.3, 0.4) is 0 Å². The zero-order valence-electron chi connectivity index (χ0n) is 14.2. The average Bonchev–Trinajstić information content (AvgIpc) is 2.61. The number of amides is 1. The molecule has 1 aliphatic heterocycles. The maximum Gasteiger partial charge on any atom is 0.220 e. The van der Waals surface area contributed by atoms with Crippen LogP contribution in [0.1, 0.15) is 49.4 Å². The monoisotopic (exact) mass is 302 g/mol. The van der Waals surface area contributed by atoms with E-state index in [1.165, 1.54) is 11.8 Å². The molecule has 0 N–H and O–H groups in total. The Hall–Kier alpha value is -1.84. The minimum absolute atomic E-state index is 0.0990. The molecule has 1 aromatic carbocycles. The predicted molar refractivity (Wildman–Crippen MR) is 83.1 cm³/mol. The smallest absolute Gasteiger partial charge is 0.220 e. The van der Waals surface area contributed by atoms with Gasteiger partial charge in [0.25, 0.3) is 0 Å². The van der Waals surface area contributed by atoms with Crippen LogP contribution in [0.25, 0.3) is 0 Å². The molecule has 0 radical (unpaired) electrons. The summed E-state index contributed by atoms with van der Waals surface area (Å²) in [6.45, 7) is 11.1. The summed E-state index contributed by atoms with van der Waals surface area (Å²) in [5, 5.41) is 12.2. The van der Waals surface area contributed by atoms with Crippen LogP contribution >= 0.6 is 0 Å². The van der Waals surface area contributed by atoms with Crippen molar-refractivity contribution >= 4 is 11.9 Å². The Labute approximate surface area is 132 Å². The van der Waals surface area contributed by atoms with Gasteiger partial charge in [0.15, 0.2) is 0 Å².